The molecule has 0 heterocycles. The van der Waals surface area contributed by atoms with E-state index in [1.807, 2.05) is 0 Å². The first-order valence-electron chi connectivity index (χ1n) is 7.59. The van der Waals surface area contributed by atoms with E-state index in [0.717, 1.165) is 0 Å². The number of halogens is 2. The quantitative estimate of drug-likeness (QED) is 0.782. The van der Waals surface area contributed by atoms with Crippen molar-refractivity contribution in [1.29, 1.82) is 0 Å². The van der Waals surface area contributed by atoms with Crippen LogP contribution >= 0.6 is 0 Å². The molecule has 5 heteroatoms. The maximum atomic E-state index is 14.2. The van der Waals surface area contributed by atoms with Crippen LogP contribution in [0.4, 0.5) is 8.78 Å². The number of rotatable bonds is 6. The summed E-state index contributed by atoms with van der Waals surface area (Å²) in [6.45, 7) is 3.23. The minimum Gasteiger partial charge on any atom is -0.497 e. The molecule has 0 saturated heterocycles. The molecule has 0 aliphatic carbocycles. The van der Waals surface area contributed by atoms with Gasteiger partial charge in [0, 0.05) is 24.0 Å². The van der Waals surface area contributed by atoms with Gasteiger partial charge in [-0.3, -0.25) is 4.79 Å². The maximum Gasteiger partial charge on any atom is 0.147 e. The highest BCUT2D eigenvalue weighted by Crippen LogP contribution is 2.31. The number of benzene rings is 2. The van der Waals surface area contributed by atoms with E-state index in [9.17, 15) is 13.6 Å². The number of methoxy groups -OCH3 is 2. The third-order valence-corrected chi connectivity index (χ3v) is 4.20. The number of carbonyl (C=O) groups is 1. The Hall–Kier alpha value is -2.43. The summed E-state index contributed by atoms with van der Waals surface area (Å²) in [5.74, 6) is -1.94. The van der Waals surface area contributed by atoms with Crippen molar-refractivity contribution in [3.05, 3.63) is 59.2 Å². The Bertz CT molecular complexity index is 682. The normalized spacial score (nSPS) is 13.2. The molecule has 2 atom stereocenters. The maximum absolute atomic E-state index is 14.2. The molecule has 24 heavy (non-hydrogen) atoms. The number of carbonyl (C=O) groups excluding carboxylic acids is 1. The van der Waals surface area contributed by atoms with E-state index in [1.165, 1.54) is 38.5 Å². The summed E-state index contributed by atoms with van der Waals surface area (Å²) in [5.41, 5.74) is 0.531. The average molecular weight is 334 g/mol. The van der Waals surface area contributed by atoms with Crippen molar-refractivity contribution >= 4 is 5.78 Å². The lowest BCUT2D eigenvalue weighted by Gasteiger charge is -2.18. The average Bonchev–Trinajstić information content (AvgIpc) is 2.59. The van der Waals surface area contributed by atoms with Gasteiger partial charge in [0.2, 0.25) is 0 Å². The van der Waals surface area contributed by atoms with Gasteiger partial charge in [-0.15, -0.1) is 0 Å². The molecule has 2 rings (SSSR count). The van der Waals surface area contributed by atoms with Crippen molar-refractivity contribution in [3.63, 3.8) is 0 Å². The second-order valence-electron chi connectivity index (χ2n) is 5.62. The highest BCUT2D eigenvalue weighted by Gasteiger charge is 2.27. The SMILES string of the molecule is COc1ccc(C(C)C(=O)C(C)c2ccc(OC)cc2F)c(F)c1. The second-order valence-corrected chi connectivity index (χ2v) is 5.62. The van der Waals surface area contributed by atoms with Gasteiger partial charge in [-0.2, -0.15) is 0 Å². The van der Waals surface area contributed by atoms with Crippen LogP contribution in [0.3, 0.4) is 0 Å². The van der Waals surface area contributed by atoms with E-state index in [-0.39, 0.29) is 16.9 Å². The fraction of sp³-hybridized carbons (Fsp3) is 0.316. The molecule has 128 valence electrons. The molecule has 0 radical (unpaired) electrons. The van der Waals surface area contributed by atoms with Gasteiger partial charge < -0.3 is 9.47 Å². The molecule has 0 saturated carbocycles. The Kier molecular flexibility index (Phi) is 5.54. The number of hydrogen-bond donors (Lipinski definition) is 0. The van der Waals surface area contributed by atoms with Crippen LogP contribution in [0.5, 0.6) is 11.5 Å². The zero-order chi connectivity index (χ0) is 17.9. The Morgan fingerprint density at radius 3 is 1.50 bits per heavy atom. The fourth-order valence-electron chi connectivity index (χ4n) is 2.65. The summed E-state index contributed by atoms with van der Waals surface area (Å²) in [6, 6.07) is 8.71. The Morgan fingerprint density at radius 2 is 1.21 bits per heavy atom. The van der Waals surface area contributed by atoms with Crippen LogP contribution in [-0.4, -0.2) is 20.0 Å². The molecule has 2 aromatic rings. The van der Waals surface area contributed by atoms with Gasteiger partial charge in [-0.25, -0.2) is 8.78 Å². The Morgan fingerprint density at radius 1 is 0.833 bits per heavy atom. The minimum absolute atomic E-state index is 0.261. The van der Waals surface area contributed by atoms with Crippen molar-refractivity contribution in [2.75, 3.05) is 14.2 Å². The highest BCUT2D eigenvalue weighted by molar-refractivity contribution is 5.91. The molecule has 0 aliphatic rings. The van der Waals surface area contributed by atoms with Crippen molar-refractivity contribution < 1.29 is 23.0 Å². The standard InChI is InChI=1S/C19H20F2O3/c1-11(15-7-5-13(23-3)9-17(15)20)19(22)12(2)16-8-6-14(24-4)10-18(16)21/h5-12H,1-4H3. The predicted octanol–water partition coefficient (Wildman–Crippen LogP) is 4.46. The molecule has 0 aromatic heterocycles. The lowest BCUT2D eigenvalue weighted by molar-refractivity contribution is -0.121. The molecule has 2 aromatic carbocycles. The molecule has 0 aliphatic heterocycles. The van der Waals surface area contributed by atoms with Gasteiger partial charge in [0.05, 0.1) is 14.2 Å². The molecule has 2 unspecified atom stereocenters. The van der Waals surface area contributed by atoms with Gasteiger partial charge in [0.25, 0.3) is 0 Å². The van der Waals surface area contributed by atoms with Crippen molar-refractivity contribution in [2.24, 2.45) is 0 Å². The molecular formula is C19H20F2O3. The van der Waals surface area contributed by atoms with Crippen LogP contribution in [0.1, 0.15) is 36.8 Å². The summed E-state index contributed by atoms with van der Waals surface area (Å²) in [6.07, 6.45) is 0. The topological polar surface area (TPSA) is 35.5 Å². The number of ketones is 1. The predicted molar refractivity (Wildman–Crippen MR) is 87.7 cm³/mol. The second kappa shape index (κ2) is 7.43. The van der Waals surface area contributed by atoms with Crippen LogP contribution in [-0.2, 0) is 4.79 Å². The first kappa shape index (κ1) is 17.9. The number of hydrogen-bond acceptors (Lipinski definition) is 3. The summed E-state index contributed by atoms with van der Waals surface area (Å²) < 4.78 is 38.3. The van der Waals surface area contributed by atoms with E-state index in [1.54, 1.807) is 26.0 Å². The van der Waals surface area contributed by atoms with E-state index in [0.29, 0.717) is 11.5 Å². The van der Waals surface area contributed by atoms with Crippen molar-refractivity contribution in [1.82, 2.24) is 0 Å². The summed E-state index contributed by atoms with van der Waals surface area (Å²) in [5, 5.41) is 0. The van der Waals surface area contributed by atoms with Gasteiger partial charge in [0.1, 0.15) is 28.9 Å². The smallest absolute Gasteiger partial charge is 0.147 e. The lowest BCUT2D eigenvalue weighted by atomic mass is 9.85. The molecule has 0 bridgehead atoms. The summed E-state index contributed by atoms with van der Waals surface area (Å²) >= 11 is 0. The van der Waals surface area contributed by atoms with E-state index < -0.39 is 23.5 Å². The van der Waals surface area contributed by atoms with Gasteiger partial charge >= 0.3 is 0 Å². The van der Waals surface area contributed by atoms with E-state index in [4.69, 9.17) is 9.47 Å². The van der Waals surface area contributed by atoms with Gasteiger partial charge in [-0.1, -0.05) is 26.0 Å². The number of Topliss-reactive ketones (excluding diaryl/α,β-unsaturated/α-hetero) is 1. The van der Waals surface area contributed by atoms with E-state index in [2.05, 4.69) is 0 Å². The molecule has 0 N–H and O–H groups in total. The molecule has 3 nitrogen and oxygen atoms in total. The Balaban J connectivity index is 2.27. The molecular weight excluding hydrogens is 314 g/mol. The zero-order valence-electron chi connectivity index (χ0n) is 14.1. The van der Waals surface area contributed by atoms with Crippen LogP contribution in [0.2, 0.25) is 0 Å². The fourth-order valence-corrected chi connectivity index (χ4v) is 2.65. The van der Waals surface area contributed by atoms with Crippen LogP contribution in [0.15, 0.2) is 36.4 Å². The Labute approximate surface area is 140 Å². The summed E-state index contributed by atoms with van der Waals surface area (Å²) in [4.78, 5) is 12.7. The van der Waals surface area contributed by atoms with Crippen LogP contribution < -0.4 is 9.47 Å². The van der Waals surface area contributed by atoms with Crippen LogP contribution in [0.25, 0.3) is 0 Å². The van der Waals surface area contributed by atoms with Crippen molar-refractivity contribution in [3.8, 4) is 11.5 Å². The molecule has 0 amide bonds. The number of ether oxygens (including phenoxy) is 2. The van der Waals surface area contributed by atoms with Crippen LogP contribution in [0, 0.1) is 11.6 Å². The van der Waals surface area contributed by atoms with Gasteiger partial charge in [-0.05, 0) is 23.3 Å². The van der Waals surface area contributed by atoms with Crippen molar-refractivity contribution in [2.45, 2.75) is 25.7 Å². The molecule has 0 fully saturated rings. The van der Waals surface area contributed by atoms with E-state index >= 15 is 0 Å². The summed E-state index contributed by atoms with van der Waals surface area (Å²) in [7, 11) is 2.88. The molecule has 0 spiro atoms. The largest absolute Gasteiger partial charge is 0.497 e. The first-order chi connectivity index (χ1) is 11.4. The third kappa shape index (κ3) is 3.55. The monoisotopic (exact) mass is 334 g/mol. The minimum atomic E-state index is -0.701. The zero-order valence-corrected chi connectivity index (χ0v) is 14.1. The highest BCUT2D eigenvalue weighted by atomic mass is 19.1. The van der Waals surface area contributed by atoms with Gasteiger partial charge in [0.15, 0.2) is 0 Å². The first-order valence-corrected chi connectivity index (χ1v) is 7.59. The lowest BCUT2D eigenvalue weighted by Crippen LogP contribution is -2.18. The third-order valence-electron chi connectivity index (χ3n) is 4.20.